The number of rotatable bonds is 2. The fourth-order valence-corrected chi connectivity index (χ4v) is 1.17. The van der Waals surface area contributed by atoms with Gasteiger partial charge in [0, 0.05) is 20.2 Å². The molecule has 0 radical (unpaired) electrons. The van der Waals surface area contributed by atoms with Gasteiger partial charge in [-0.25, -0.2) is 0 Å². The zero-order valence-electron chi connectivity index (χ0n) is 6.64. The van der Waals surface area contributed by atoms with Gasteiger partial charge in [0.25, 0.3) is 0 Å². The number of methoxy groups -OCH3 is 1. The smallest absolute Gasteiger partial charge is 0.101 e. The molecule has 1 atom stereocenters. The second kappa shape index (κ2) is 3.32. The summed E-state index contributed by atoms with van der Waals surface area (Å²) < 4.78 is 10.5. The summed E-state index contributed by atoms with van der Waals surface area (Å²) >= 11 is 0. The van der Waals surface area contributed by atoms with Crippen molar-refractivity contribution in [3.8, 4) is 0 Å². The van der Waals surface area contributed by atoms with E-state index >= 15 is 0 Å². The molecule has 1 fully saturated rings. The van der Waals surface area contributed by atoms with E-state index in [-0.39, 0.29) is 5.60 Å². The van der Waals surface area contributed by atoms with Crippen molar-refractivity contribution in [1.82, 2.24) is 5.32 Å². The normalized spacial score (nSPS) is 34.2. The summed E-state index contributed by atoms with van der Waals surface area (Å²) in [6, 6.07) is 0. The van der Waals surface area contributed by atoms with Crippen LogP contribution in [0.1, 0.15) is 6.92 Å². The quantitative estimate of drug-likeness (QED) is 0.594. The van der Waals surface area contributed by atoms with Gasteiger partial charge in [0.15, 0.2) is 0 Å². The van der Waals surface area contributed by atoms with Gasteiger partial charge in [-0.3, -0.25) is 0 Å². The Bertz CT molecular complexity index is 94.3. The molecule has 0 aromatic rings. The highest BCUT2D eigenvalue weighted by atomic mass is 16.5. The minimum atomic E-state index is -0.104. The van der Waals surface area contributed by atoms with Crippen molar-refractivity contribution in [3.63, 3.8) is 0 Å². The molecule has 0 amide bonds. The highest BCUT2D eigenvalue weighted by molar-refractivity contribution is 4.80. The predicted octanol–water partition coefficient (Wildman–Crippen LogP) is 0.0113. The first-order chi connectivity index (χ1) is 4.77. The SMILES string of the molecule is COC[C@]1(C)CNCCO1. The summed E-state index contributed by atoms with van der Waals surface area (Å²) in [7, 11) is 1.70. The Balaban J connectivity index is 2.32. The average molecular weight is 145 g/mol. The van der Waals surface area contributed by atoms with Crippen LogP contribution < -0.4 is 5.32 Å². The van der Waals surface area contributed by atoms with Crippen LogP contribution in [0.15, 0.2) is 0 Å². The van der Waals surface area contributed by atoms with Crippen molar-refractivity contribution >= 4 is 0 Å². The molecule has 0 unspecified atom stereocenters. The Morgan fingerprint density at radius 2 is 2.50 bits per heavy atom. The lowest BCUT2D eigenvalue weighted by Crippen LogP contribution is -2.50. The summed E-state index contributed by atoms with van der Waals surface area (Å²) in [5, 5.41) is 3.26. The van der Waals surface area contributed by atoms with Crippen molar-refractivity contribution in [3.05, 3.63) is 0 Å². The third-order valence-electron chi connectivity index (χ3n) is 1.68. The number of nitrogens with one attached hydrogen (secondary N) is 1. The number of hydrogen-bond donors (Lipinski definition) is 1. The molecule has 0 saturated carbocycles. The Labute approximate surface area is 61.7 Å². The van der Waals surface area contributed by atoms with E-state index in [1.54, 1.807) is 7.11 Å². The predicted molar refractivity (Wildman–Crippen MR) is 39.1 cm³/mol. The van der Waals surface area contributed by atoms with E-state index in [1.807, 2.05) is 0 Å². The van der Waals surface area contributed by atoms with Gasteiger partial charge in [0.1, 0.15) is 5.60 Å². The number of hydrogen-bond acceptors (Lipinski definition) is 3. The maximum absolute atomic E-state index is 5.52. The van der Waals surface area contributed by atoms with Crippen LogP contribution in [0.4, 0.5) is 0 Å². The molecule has 0 spiro atoms. The van der Waals surface area contributed by atoms with Crippen LogP contribution in [-0.4, -0.2) is 39.0 Å². The second-order valence-electron chi connectivity index (χ2n) is 2.91. The summed E-state index contributed by atoms with van der Waals surface area (Å²) in [5.41, 5.74) is -0.104. The lowest BCUT2D eigenvalue weighted by molar-refractivity contribution is -0.0921. The molecule has 0 aromatic heterocycles. The number of ether oxygens (including phenoxy) is 2. The van der Waals surface area contributed by atoms with Crippen LogP contribution in [-0.2, 0) is 9.47 Å². The molecule has 3 heteroatoms. The highest BCUT2D eigenvalue weighted by Crippen LogP contribution is 2.11. The van der Waals surface area contributed by atoms with Crippen LogP contribution in [0.3, 0.4) is 0 Å². The lowest BCUT2D eigenvalue weighted by Gasteiger charge is -2.33. The molecular formula is C7H15NO2. The zero-order chi connectivity index (χ0) is 7.45. The van der Waals surface area contributed by atoms with Gasteiger partial charge in [0.2, 0.25) is 0 Å². The first-order valence-corrected chi connectivity index (χ1v) is 3.60. The third-order valence-corrected chi connectivity index (χ3v) is 1.68. The molecule has 1 saturated heterocycles. The van der Waals surface area contributed by atoms with Crippen molar-refractivity contribution in [1.29, 1.82) is 0 Å². The molecule has 1 N–H and O–H groups in total. The van der Waals surface area contributed by atoms with Crippen molar-refractivity contribution < 1.29 is 9.47 Å². The van der Waals surface area contributed by atoms with Gasteiger partial charge in [-0.05, 0) is 6.92 Å². The van der Waals surface area contributed by atoms with Gasteiger partial charge >= 0.3 is 0 Å². The summed E-state index contributed by atoms with van der Waals surface area (Å²) in [6.45, 7) is 5.36. The summed E-state index contributed by atoms with van der Waals surface area (Å²) in [6.07, 6.45) is 0. The molecule has 10 heavy (non-hydrogen) atoms. The second-order valence-corrected chi connectivity index (χ2v) is 2.91. The zero-order valence-corrected chi connectivity index (χ0v) is 6.64. The Morgan fingerprint density at radius 1 is 1.70 bits per heavy atom. The van der Waals surface area contributed by atoms with Crippen LogP contribution in [0.25, 0.3) is 0 Å². The van der Waals surface area contributed by atoms with Gasteiger partial charge in [0.05, 0.1) is 13.2 Å². The summed E-state index contributed by atoms with van der Waals surface area (Å²) in [4.78, 5) is 0. The van der Waals surface area contributed by atoms with Gasteiger partial charge in [-0.1, -0.05) is 0 Å². The molecular weight excluding hydrogens is 130 g/mol. The van der Waals surface area contributed by atoms with Crippen LogP contribution in [0, 0.1) is 0 Å². The standard InChI is InChI=1S/C7H15NO2/c1-7(6-9-2)5-8-3-4-10-7/h8H,3-6H2,1-2H3/t7-/m0/s1. The highest BCUT2D eigenvalue weighted by Gasteiger charge is 2.27. The van der Waals surface area contributed by atoms with Gasteiger partial charge < -0.3 is 14.8 Å². The van der Waals surface area contributed by atoms with E-state index in [0.29, 0.717) is 6.61 Å². The average Bonchev–Trinajstić information content (AvgIpc) is 1.89. The van der Waals surface area contributed by atoms with E-state index in [4.69, 9.17) is 9.47 Å². The first kappa shape index (κ1) is 7.98. The maximum Gasteiger partial charge on any atom is 0.101 e. The molecule has 1 rings (SSSR count). The van der Waals surface area contributed by atoms with E-state index in [1.165, 1.54) is 0 Å². The molecule has 60 valence electrons. The molecule has 0 aromatic carbocycles. The lowest BCUT2D eigenvalue weighted by atomic mass is 10.1. The fourth-order valence-electron chi connectivity index (χ4n) is 1.17. The number of morpholine rings is 1. The molecule has 0 bridgehead atoms. The largest absolute Gasteiger partial charge is 0.382 e. The van der Waals surface area contributed by atoms with Crippen molar-refractivity contribution in [2.24, 2.45) is 0 Å². The van der Waals surface area contributed by atoms with Crippen LogP contribution in [0.5, 0.6) is 0 Å². The minimum Gasteiger partial charge on any atom is -0.382 e. The van der Waals surface area contributed by atoms with Crippen molar-refractivity contribution in [2.45, 2.75) is 12.5 Å². The Morgan fingerprint density at radius 3 is 3.00 bits per heavy atom. The minimum absolute atomic E-state index is 0.104. The maximum atomic E-state index is 5.52. The van der Waals surface area contributed by atoms with Crippen LogP contribution >= 0.6 is 0 Å². The first-order valence-electron chi connectivity index (χ1n) is 3.60. The Hall–Kier alpha value is -0.120. The molecule has 3 nitrogen and oxygen atoms in total. The Kier molecular flexibility index (Phi) is 2.65. The van der Waals surface area contributed by atoms with E-state index in [0.717, 1.165) is 19.7 Å². The van der Waals surface area contributed by atoms with Crippen molar-refractivity contribution in [2.75, 3.05) is 33.4 Å². The molecule has 1 heterocycles. The van der Waals surface area contributed by atoms with Gasteiger partial charge in [-0.15, -0.1) is 0 Å². The monoisotopic (exact) mass is 145 g/mol. The molecule has 0 aliphatic carbocycles. The molecule has 1 aliphatic heterocycles. The molecule has 1 aliphatic rings. The van der Waals surface area contributed by atoms with E-state index in [9.17, 15) is 0 Å². The topological polar surface area (TPSA) is 30.5 Å². The fraction of sp³-hybridized carbons (Fsp3) is 1.00. The van der Waals surface area contributed by atoms with E-state index < -0.39 is 0 Å². The third kappa shape index (κ3) is 1.94. The summed E-state index contributed by atoms with van der Waals surface area (Å²) in [5.74, 6) is 0. The van der Waals surface area contributed by atoms with Crippen LogP contribution in [0.2, 0.25) is 0 Å². The van der Waals surface area contributed by atoms with E-state index in [2.05, 4.69) is 12.2 Å². The van der Waals surface area contributed by atoms with Gasteiger partial charge in [-0.2, -0.15) is 0 Å².